The van der Waals surface area contributed by atoms with E-state index < -0.39 is 0 Å². The van der Waals surface area contributed by atoms with Gasteiger partial charge in [0, 0.05) is 32.2 Å². The Morgan fingerprint density at radius 3 is 2.59 bits per heavy atom. The van der Waals surface area contributed by atoms with Crippen LogP contribution < -0.4 is 21.3 Å². The van der Waals surface area contributed by atoms with Crippen LogP contribution in [0.4, 0.5) is 0 Å². The first kappa shape index (κ1) is 25.8. The van der Waals surface area contributed by atoms with Crippen molar-refractivity contribution >= 4 is 12.4 Å². The molecule has 32 heavy (non-hydrogen) atoms. The van der Waals surface area contributed by atoms with E-state index in [4.69, 9.17) is 5.41 Å². The van der Waals surface area contributed by atoms with Crippen LogP contribution in [0.3, 0.4) is 0 Å². The molecule has 0 bridgehead atoms. The molecule has 0 aromatic heterocycles. The fourth-order valence-electron chi connectivity index (χ4n) is 4.27. The van der Waals surface area contributed by atoms with Gasteiger partial charge in [-0.3, -0.25) is 4.99 Å². The first-order valence-corrected chi connectivity index (χ1v) is 11.9. The van der Waals surface area contributed by atoms with Gasteiger partial charge in [-0.25, -0.2) is 0 Å². The van der Waals surface area contributed by atoms with E-state index in [0.29, 0.717) is 24.4 Å². The van der Waals surface area contributed by atoms with E-state index >= 15 is 0 Å². The number of nitrogens with one attached hydrogen (secondary N) is 5. The largest absolute Gasteiger partial charge is 0.385 e. The van der Waals surface area contributed by atoms with Gasteiger partial charge < -0.3 is 26.7 Å². The van der Waals surface area contributed by atoms with Gasteiger partial charge in [-0.2, -0.15) is 0 Å². The summed E-state index contributed by atoms with van der Waals surface area (Å²) in [5, 5.41) is 22.6. The molecule has 6 heteroatoms. The maximum Gasteiger partial charge on any atom is 0.0846 e. The molecule has 0 radical (unpaired) electrons. The molecular weight excluding hydrogens is 396 g/mol. The normalized spacial score (nSPS) is 19.5. The van der Waals surface area contributed by atoms with Gasteiger partial charge in [0.25, 0.3) is 0 Å². The van der Waals surface area contributed by atoms with Gasteiger partial charge in [-0.15, -0.1) is 0 Å². The van der Waals surface area contributed by atoms with E-state index in [2.05, 4.69) is 78.5 Å². The van der Waals surface area contributed by atoms with Gasteiger partial charge in [-0.1, -0.05) is 51.5 Å². The molecule has 2 rings (SSSR count). The second-order valence-corrected chi connectivity index (χ2v) is 8.68. The zero-order valence-corrected chi connectivity index (χ0v) is 20.5. The maximum absolute atomic E-state index is 8.63. The van der Waals surface area contributed by atoms with E-state index in [9.17, 15) is 0 Å². The molecule has 1 atom stereocenters. The van der Waals surface area contributed by atoms with Crippen molar-refractivity contribution < 1.29 is 0 Å². The standard InChI is InChI=1S/C26H42N6/c1-7-9-20-11-12-22(26(4)13-14-30-15-16-32-26)17-21(20)18-31-25(23(27)10-8-2)24(29-6)19(3)28-5/h11-12,17,27,29-32H,3,5,7-10,13-16,18H2,1-2,4,6H3/b25-24+,27-23?. The molecular formula is C26H42N6. The van der Waals surface area contributed by atoms with Crippen molar-refractivity contribution in [3.63, 3.8) is 0 Å². The summed E-state index contributed by atoms with van der Waals surface area (Å²) < 4.78 is 0. The third-order valence-corrected chi connectivity index (χ3v) is 6.22. The molecule has 0 spiro atoms. The van der Waals surface area contributed by atoms with E-state index in [1.165, 1.54) is 16.7 Å². The molecule has 5 N–H and O–H groups in total. The Bertz CT molecular complexity index is 831. The van der Waals surface area contributed by atoms with Gasteiger partial charge in [0.1, 0.15) is 0 Å². The third kappa shape index (κ3) is 6.53. The van der Waals surface area contributed by atoms with Gasteiger partial charge >= 0.3 is 0 Å². The van der Waals surface area contributed by atoms with Crippen LogP contribution in [-0.4, -0.2) is 39.1 Å². The number of allylic oxidation sites excluding steroid dienone is 1. The highest BCUT2D eigenvalue weighted by Crippen LogP contribution is 2.28. The number of benzene rings is 1. The predicted molar refractivity (Wildman–Crippen MR) is 138 cm³/mol. The molecule has 0 aliphatic carbocycles. The van der Waals surface area contributed by atoms with Gasteiger partial charge in [0.05, 0.1) is 22.8 Å². The molecule has 1 aromatic carbocycles. The van der Waals surface area contributed by atoms with Crippen molar-refractivity contribution in [2.75, 3.05) is 26.7 Å². The van der Waals surface area contributed by atoms with Gasteiger partial charge in [0.15, 0.2) is 0 Å². The first-order chi connectivity index (χ1) is 15.4. The second kappa shape index (κ2) is 12.6. The number of hydrogen-bond donors (Lipinski definition) is 5. The molecule has 1 aliphatic heterocycles. The summed E-state index contributed by atoms with van der Waals surface area (Å²) in [4.78, 5) is 4.00. The molecule has 0 saturated carbocycles. The Hall–Kier alpha value is -2.44. The minimum Gasteiger partial charge on any atom is -0.385 e. The summed E-state index contributed by atoms with van der Waals surface area (Å²) in [5.74, 6) is 0. The fraction of sp³-hybridized carbons (Fsp3) is 0.538. The van der Waals surface area contributed by atoms with Crippen LogP contribution in [0.15, 0.2) is 46.9 Å². The third-order valence-electron chi connectivity index (χ3n) is 6.22. The quantitative estimate of drug-likeness (QED) is 0.252. The molecule has 1 aromatic rings. The smallest absolute Gasteiger partial charge is 0.0846 e. The highest BCUT2D eigenvalue weighted by molar-refractivity contribution is 5.98. The van der Waals surface area contributed by atoms with Crippen LogP contribution in [-0.2, 0) is 18.5 Å². The first-order valence-electron chi connectivity index (χ1n) is 11.9. The van der Waals surface area contributed by atoms with E-state index in [1.54, 1.807) is 0 Å². The summed E-state index contributed by atoms with van der Waals surface area (Å²) in [5.41, 5.74) is 6.48. The van der Waals surface area contributed by atoms with Gasteiger partial charge in [-0.05, 0) is 56.1 Å². The lowest BCUT2D eigenvalue weighted by Crippen LogP contribution is -2.40. The summed E-state index contributed by atoms with van der Waals surface area (Å²) in [6, 6.07) is 6.91. The number of likely N-dealkylation sites (N-methyl/N-ethyl adjacent to an activating group) is 1. The molecule has 0 amide bonds. The zero-order chi connectivity index (χ0) is 23.6. The SMILES string of the molecule is C=NC(=C)/C(NC)=C(\NCc1cc(C2(C)CCNCCN2)ccc1CCC)C(=N)CCC. The summed E-state index contributed by atoms with van der Waals surface area (Å²) >= 11 is 0. The summed E-state index contributed by atoms with van der Waals surface area (Å²) in [6.45, 7) is 17.8. The van der Waals surface area contributed by atoms with Crippen molar-refractivity contribution in [3.8, 4) is 0 Å². The van der Waals surface area contributed by atoms with Crippen LogP contribution >= 0.6 is 0 Å². The molecule has 1 saturated heterocycles. The molecule has 1 unspecified atom stereocenters. The monoisotopic (exact) mass is 438 g/mol. The minimum absolute atomic E-state index is 0.0479. The lowest BCUT2D eigenvalue weighted by atomic mass is 9.86. The lowest BCUT2D eigenvalue weighted by Gasteiger charge is -2.31. The molecule has 1 heterocycles. The lowest BCUT2D eigenvalue weighted by molar-refractivity contribution is 0.369. The highest BCUT2D eigenvalue weighted by atomic mass is 15.0. The van der Waals surface area contributed by atoms with Crippen LogP contribution in [0.1, 0.15) is 63.1 Å². The maximum atomic E-state index is 8.63. The number of aryl methyl sites for hydroxylation is 1. The van der Waals surface area contributed by atoms with Crippen LogP contribution in [0.2, 0.25) is 0 Å². The average molecular weight is 439 g/mol. The molecule has 1 fully saturated rings. The highest BCUT2D eigenvalue weighted by Gasteiger charge is 2.27. The molecule has 176 valence electrons. The Labute approximate surface area is 194 Å². The number of nitrogens with zero attached hydrogens (tertiary/aromatic N) is 1. The van der Waals surface area contributed by atoms with E-state index in [-0.39, 0.29) is 5.54 Å². The topological polar surface area (TPSA) is 84.3 Å². The van der Waals surface area contributed by atoms with Crippen molar-refractivity contribution in [1.82, 2.24) is 21.3 Å². The number of aliphatic imine (C=N–C) groups is 1. The molecule has 6 nitrogen and oxygen atoms in total. The van der Waals surface area contributed by atoms with Crippen LogP contribution in [0.25, 0.3) is 0 Å². The van der Waals surface area contributed by atoms with Crippen LogP contribution in [0, 0.1) is 5.41 Å². The predicted octanol–water partition coefficient (Wildman–Crippen LogP) is 3.99. The summed E-state index contributed by atoms with van der Waals surface area (Å²) in [6.07, 6.45) is 4.78. The van der Waals surface area contributed by atoms with E-state index in [0.717, 1.165) is 56.7 Å². The van der Waals surface area contributed by atoms with Crippen molar-refractivity contribution in [2.24, 2.45) is 4.99 Å². The Morgan fingerprint density at radius 2 is 1.94 bits per heavy atom. The van der Waals surface area contributed by atoms with Gasteiger partial charge in [0.2, 0.25) is 0 Å². The fourth-order valence-corrected chi connectivity index (χ4v) is 4.27. The Morgan fingerprint density at radius 1 is 1.16 bits per heavy atom. The average Bonchev–Trinajstić information content (AvgIpc) is 3.02. The number of rotatable bonds is 12. The van der Waals surface area contributed by atoms with Crippen LogP contribution in [0.5, 0.6) is 0 Å². The van der Waals surface area contributed by atoms with Crippen molar-refractivity contribution in [3.05, 3.63) is 58.6 Å². The number of hydrogen-bond acceptors (Lipinski definition) is 6. The van der Waals surface area contributed by atoms with E-state index in [1.807, 2.05) is 7.05 Å². The zero-order valence-electron chi connectivity index (χ0n) is 20.5. The summed E-state index contributed by atoms with van der Waals surface area (Å²) in [7, 11) is 1.84. The second-order valence-electron chi connectivity index (χ2n) is 8.68. The minimum atomic E-state index is -0.0479. The Balaban J connectivity index is 2.41. The van der Waals surface area contributed by atoms with Crippen molar-refractivity contribution in [1.29, 1.82) is 5.41 Å². The van der Waals surface area contributed by atoms with Crippen molar-refractivity contribution in [2.45, 2.75) is 65.0 Å². The molecule has 1 aliphatic rings. The Kier molecular flexibility index (Phi) is 10.1.